The molecule has 1 saturated heterocycles. The molecular formula is C28H36N4O4. The molecule has 0 spiro atoms. The molecular weight excluding hydrogens is 456 g/mol. The first-order chi connectivity index (χ1) is 17.5. The van der Waals surface area contributed by atoms with Gasteiger partial charge in [0.05, 0.1) is 25.7 Å². The minimum absolute atomic E-state index is 0.0183. The third-order valence-corrected chi connectivity index (χ3v) is 6.29. The van der Waals surface area contributed by atoms with Crippen LogP contribution in [-0.4, -0.2) is 53.8 Å². The number of piperidine rings is 1. The molecule has 4 rings (SSSR count). The molecule has 1 unspecified atom stereocenters. The van der Waals surface area contributed by atoms with Crippen molar-refractivity contribution in [2.24, 2.45) is 5.92 Å². The monoisotopic (exact) mass is 492 g/mol. The maximum absolute atomic E-state index is 12.8. The van der Waals surface area contributed by atoms with E-state index in [0.717, 1.165) is 49.3 Å². The van der Waals surface area contributed by atoms with E-state index >= 15 is 0 Å². The van der Waals surface area contributed by atoms with Crippen LogP contribution in [0.2, 0.25) is 0 Å². The van der Waals surface area contributed by atoms with Gasteiger partial charge in [0.15, 0.2) is 0 Å². The number of aryl methyl sites for hydroxylation is 1. The fourth-order valence-corrected chi connectivity index (χ4v) is 4.44. The molecule has 0 bridgehead atoms. The lowest BCUT2D eigenvalue weighted by Crippen LogP contribution is -2.43. The van der Waals surface area contributed by atoms with Crippen molar-refractivity contribution in [3.8, 4) is 22.9 Å². The molecule has 1 amide bonds. The Labute approximate surface area is 213 Å². The van der Waals surface area contributed by atoms with Crippen molar-refractivity contribution in [1.82, 2.24) is 20.4 Å². The van der Waals surface area contributed by atoms with Crippen LogP contribution in [0.4, 0.5) is 0 Å². The molecule has 3 aromatic rings. The van der Waals surface area contributed by atoms with Crippen LogP contribution in [-0.2, 0) is 17.8 Å². The summed E-state index contributed by atoms with van der Waals surface area (Å²) in [6.07, 6.45) is 3.88. The fraction of sp³-hybridized carbons (Fsp3) is 0.464. The van der Waals surface area contributed by atoms with Gasteiger partial charge in [-0.2, -0.15) is 4.98 Å². The molecule has 192 valence electrons. The zero-order valence-corrected chi connectivity index (χ0v) is 21.4. The number of rotatable bonds is 11. The Balaban J connectivity index is 1.20. The highest BCUT2D eigenvalue weighted by Crippen LogP contribution is 2.22. The van der Waals surface area contributed by atoms with Gasteiger partial charge in [-0.3, -0.25) is 9.69 Å². The summed E-state index contributed by atoms with van der Waals surface area (Å²) < 4.78 is 16.4. The van der Waals surface area contributed by atoms with E-state index in [4.69, 9.17) is 14.0 Å². The first-order valence-electron chi connectivity index (χ1n) is 12.7. The summed E-state index contributed by atoms with van der Waals surface area (Å²) in [5.41, 5.74) is 2.12. The summed E-state index contributed by atoms with van der Waals surface area (Å²) >= 11 is 0. The van der Waals surface area contributed by atoms with E-state index in [0.29, 0.717) is 31.3 Å². The maximum Gasteiger partial charge on any atom is 0.241 e. The van der Waals surface area contributed by atoms with E-state index in [1.165, 1.54) is 5.56 Å². The van der Waals surface area contributed by atoms with Gasteiger partial charge in [-0.05, 0) is 88.0 Å². The van der Waals surface area contributed by atoms with Gasteiger partial charge in [-0.1, -0.05) is 17.3 Å². The number of aromatic nitrogens is 2. The van der Waals surface area contributed by atoms with Crippen LogP contribution in [0.5, 0.6) is 11.5 Å². The van der Waals surface area contributed by atoms with Gasteiger partial charge < -0.3 is 19.3 Å². The first kappa shape index (κ1) is 25.7. The molecule has 1 N–H and O–H groups in total. The number of carbonyl (C=O) groups is 1. The van der Waals surface area contributed by atoms with Gasteiger partial charge in [-0.15, -0.1) is 0 Å². The van der Waals surface area contributed by atoms with E-state index < -0.39 is 0 Å². The molecule has 2 heterocycles. The molecule has 0 aliphatic carbocycles. The molecule has 1 aliphatic heterocycles. The van der Waals surface area contributed by atoms with E-state index in [1.54, 1.807) is 7.11 Å². The minimum Gasteiger partial charge on any atom is -0.497 e. The van der Waals surface area contributed by atoms with Crippen molar-refractivity contribution >= 4 is 5.91 Å². The zero-order chi connectivity index (χ0) is 25.3. The quantitative estimate of drug-likeness (QED) is 0.394. The number of nitrogens with zero attached hydrogens (tertiary/aromatic N) is 3. The van der Waals surface area contributed by atoms with Crippen molar-refractivity contribution < 1.29 is 18.8 Å². The number of carbonyl (C=O) groups excluding carboxylic acids is 1. The first-order valence-corrected chi connectivity index (χ1v) is 12.7. The van der Waals surface area contributed by atoms with Crippen LogP contribution in [0.15, 0.2) is 53.1 Å². The summed E-state index contributed by atoms with van der Waals surface area (Å²) in [4.78, 5) is 19.5. The topological polar surface area (TPSA) is 89.7 Å². The predicted octanol–water partition coefficient (Wildman–Crippen LogP) is 4.49. The highest BCUT2D eigenvalue weighted by Gasteiger charge is 2.26. The van der Waals surface area contributed by atoms with Crippen LogP contribution in [0, 0.1) is 5.92 Å². The van der Waals surface area contributed by atoms with Crippen molar-refractivity contribution in [2.45, 2.75) is 52.2 Å². The highest BCUT2D eigenvalue weighted by molar-refractivity contribution is 5.78. The summed E-state index contributed by atoms with van der Waals surface area (Å²) in [7, 11) is 1.64. The van der Waals surface area contributed by atoms with Crippen molar-refractivity contribution in [1.29, 1.82) is 0 Å². The molecule has 2 aromatic carbocycles. The lowest BCUT2D eigenvalue weighted by atomic mass is 9.97. The Kier molecular flexibility index (Phi) is 8.95. The van der Waals surface area contributed by atoms with E-state index in [9.17, 15) is 4.79 Å². The average Bonchev–Trinajstić information content (AvgIpc) is 3.35. The number of benzene rings is 2. The van der Waals surface area contributed by atoms with Gasteiger partial charge in [0.1, 0.15) is 11.5 Å². The molecule has 0 saturated carbocycles. The van der Waals surface area contributed by atoms with Crippen molar-refractivity contribution in [3.05, 3.63) is 60.0 Å². The maximum atomic E-state index is 12.8. The summed E-state index contributed by atoms with van der Waals surface area (Å²) in [6, 6.07) is 15.8. The van der Waals surface area contributed by atoms with E-state index in [-0.39, 0.29) is 17.9 Å². The number of ether oxygens (including phenoxy) is 2. The molecule has 8 heteroatoms. The second kappa shape index (κ2) is 12.5. The molecule has 1 fully saturated rings. The second-order valence-electron chi connectivity index (χ2n) is 9.52. The van der Waals surface area contributed by atoms with E-state index in [2.05, 4.69) is 32.5 Å². The highest BCUT2D eigenvalue weighted by atomic mass is 16.5. The third kappa shape index (κ3) is 7.31. The van der Waals surface area contributed by atoms with E-state index in [1.807, 2.05) is 50.2 Å². The van der Waals surface area contributed by atoms with Gasteiger partial charge >= 0.3 is 0 Å². The number of hydrogen-bond donors (Lipinski definition) is 1. The minimum atomic E-state index is -0.0183. The van der Waals surface area contributed by atoms with Gasteiger partial charge in [0, 0.05) is 18.7 Å². The number of amides is 1. The van der Waals surface area contributed by atoms with Crippen LogP contribution in [0.25, 0.3) is 11.4 Å². The Bertz CT molecular complexity index is 1100. The predicted molar refractivity (Wildman–Crippen MR) is 138 cm³/mol. The number of methoxy groups -OCH3 is 1. The summed E-state index contributed by atoms with van der Waals surface area (Å²) in [5.74, 6) is 2.90. The lowest BCUT2D eigenvalue weighted by Gasteiger charge is -2.30. The Hall–Kier alpha value is -3.39. The van der Waals surface area contributed by atoms with Crippen molar-refractivity contribution in [3.63, 3.8) is 0 Å². The molecule has 8 nitrogen and oxygen atoms in total. The zero-order valence-electron chi connectivity index (χ0n) is 21.4. The number of nitrogens with one attached hydrogen (secondary N) is 1. The Morgan fingerprint density at radius 3 is 2.61 bits per heavy atom. The second-order valence-corrected chi connectivity index (χ2v) is 9.52. The Morgan fingerprint density at radius 1 is 1.14 bits per heavy atom. The van der Waals surface area contributed by atoms with Crippen LogP contribution in [0.1, 0.15) is 44.6 Å². The van der Waals surface area contributed by atoms with Crippen LogP contribution >= 0.6 is 0 Å². The molecule has 36 heavy (non-hydrogen) atoms. The molecule has 1 atom stereocenters. The smallest absolute Gasteiger partial charge is 0.241 e. The van der Waals surface area contributed by atoms with Crippen molar-refractivity contribution in [2.75, 3.05) is 26.7 Å². The lowest BCUT2D eigenvalue weighted by molar-refractivity contribution is -0.126. The summed E-state index contributed by atoms with van der Waals surface area (Å²) in [5, 5.41) is 7.24. The average molecular weight is 493 g/mol. The molecule has 1 aromatic heterocycles. The Morgan fingerprint density at radius 2 is 1.89 bits per heavy atom. The van der Waals surface area contributed by atoms with Gasteiger partial charge in [0.2, 0.25) is 17.6 Å². The van der Waals surface area contributed by atoms with Gasteiger partial charge in [-0.25, -0.2) is 0 Å². The van der Waals surface area contributed by atoms with Crippen LogP contribution < -0.4 is 14.8 Å². The third-order valence-electron chi connectivity index (χ3n) is 6.29. The fourth-order valence-electron chi connectivity index (χ4n) is 4.44. The molecule has 1 aliphatic rings. The largest absolute Gasteiger partial charge is 0.497 e. The summed E-state index contributed by atoms with van der Waals surface area (Å²) in [6.45, 7) is 6.88. The molecule has 0 radical (unpaired) electrons. The van der Waals surface area contributed by atoms with Gasteiger partial charge in [0.25, 0.3) is 0 Å². The van der Waals surface area contributed by atoms with Crippen LogP contribution in [0.3, 0.4) is 0 Å². The number of likely N-dealkylation sites (tertiary alicyclic amines) is 1. The standard InChI is InChI=1S/C28H36N4O4/c1-20(2)35-25-12-8-21(9-13-25)6-4-16-29-28(33)23-7-5-17-32(18-23)19-26-30-27(31-36-26)22-10-14-24(34-3)15-11-22/h8-15,20,23H,4-7,16-19H2,1-3H3,(H,29,33). The number of hydrogen-bond acceptors (Lipinski definition) is 7. The normalized spacial score (nSPS) is 16.2. The SMILES string of the molecule is COc1ccc(-c2noc(CN3CCCC(C(=O)NCCCc4ccc(OC(C)C)cc4)C3)n2)cc1.